The average molecular weight is 495 g/mol. The second-order valence-electron chi connectivity index (χ2n) is 6.03. The van der Waals surface area contributed by atoms with E-state index in [1.165, 1.54) is 38.5 Å². The molecule has 0 aliphatic carbocycles. The second kappa shape index (κ2) is 9.31. The highest BCUT2D eigenvalue weighted by Crippen LogP contribution is 2.39. The maximum Gasteiger partial charge on any atom is 0.294 e. The van der Waals surface area contributed by atoms with Crippen molar-refractivity contribution < 1.29 is 28.2 Å². The molecule has 0 radical (unpaired) electrons. The number of ether oxygens (including phenoxy) is 2. The fourth-order valence-electron chi connectivity index (χ4n) is 2.74. The van der Waals surface area contributed by atoms with Gasteiger partial charge < -0.3 is 14.8 Å². The number of halogens is 2. The van der Waals surface area contributed by atoms with Gasteiger partial charge in [0.2, 0.25) is 5.91 Å². The fraction of sp³-hybridized carbons (Fsp3) is 0.150. The van der Waals surface area contributed by atoms with Crippen molar-refractivity contribution in [2.75, 3.05) is 26.1 Å². The van der Waals surface area contributed by atoms with Gasteiger partial charge in [-0.25, -0.2) is 4.39 Å². The third-order valence-corrected chi connectivity index (χ3v) is 5.45. The Kier molecular flexibility index (Phi) is 6.78. The average Bonchev–Trinajstić information content (AvgIpc) is 2.96. The molecular weight excluding hydrogens is 479 g/mol. The monoisotopic (exact) mass is 494 g/mol. The van der Waals surface area contributed by atoms with Gasteiger partial charge in [-0.2, -0.15) is 0 Å². The Morgan fingerprint density at radius 2 is 1.97 bits per heavy atom. The summed E-state index contributed by atoms with van der Waals surface area (Å²) in [5.41, 5.74) is 0.487. The van der Waals surface area contributed by atoms with Crippen LogP contribution in [0, 0.1) is 5.82 Å². The van der Waals surface area contributed by atoms with E-state index in [2.05, 4.69) is 21.2 Å². The molecule has 0 aromatic heterocycles. The van der Waals surface area contributed by atoms with Gasteiger partial charge in [0.05, 0.1) is 24.8 Å². The largest absolute Gasteiger partial charge is 0.493 e. The summed E-state index contributed by atoms with van der Waals surface area (Å²) in [6.45, 7) is -0.532. The number of amides is 3. The van der Waals surface area contributed by atoms with Gasteiger partial charge in [-0.3, -0.25) is 19.3 Å². The minimum atomic E-state index is -0.689. The van der Waals surface area contributed by atoms with Crippen LogP contribution < -0.4 is 14.8 Å². The Balaban J connectivity index is 1.80. The zero-order valence-electron chi connectivity index (χ0n) is 15.9. The van der Waals surface area contributed by atoms with Crippen LogP contribution in [-0.4, -0.2) is 42.7 Å². The molecule has 30 heavy (non-hydrogen) atoms. The van der Waals surface area contributed by atoms with Crippen molar-refractivity contribution in [1.82, 2.24) is 4.90 Å². The minimum Gasteiger partial charge on any atom is -0.493 e. The van der Waals surface area contributed by atoms with Crippen molar-refractivity contribution in [3.05, 3.63) is 57.2 Å². The third-order valence-electron chi connectivity index (χ3n) is 4.08. The molecule has 1 heterocycles. The number of carbonyl (C=O) groups is 3. The van der Waals surface area contributed by atoms with Crippen LogP contribution in [0.5, 0.6) is 11.5 Å². The maximum absolute atomic E-state index is 13.7. The predicted octanol–water partition coefficient (Wildman–Crippen LogP) is 4.28. The van der Waals surface area contributed by atoms with Gasteiger partial charge in [0, 0.05) is 10.0 Å². The molecule has 7 nitrogen and oxygen atoms in total. The Morgan fingerprint density at radius 1 is 1.23 bits per heavy atom. The molecule has 2 aromatic rings. The number of para-hydroxylation sites is 1. The molecule has 3 amide bonds. The van der Waals surface area contributed by atoms with Crippen molar-refractivity contribution in [2.45, 2.75) is 0 Å². The van der Waals surface area contributed by atoms with Gasteiger partial charge in [-0.15, -0.1) is 0 Å². The number of hydrogen-bond acceptors (Lipinski definition) is 6. The van der Waals surface area contributed by atoms with Crippen LogP contribution in [0.4, 0.5) is 14.9 Å². The zero-order chi connectivity index (χ0) is 21.8. The zero-order valence-corrected chi connectivity index (χ0v) is 18.3. The molecule has 0 saturated carbocycles. The number of benzene rings is 2. The smallest absolute Gasteiger partial charge is 0.294 e. The normalized spacial score (nSPS) is 14.9. The van der Waals surface area contributed by atoms with Crippen LogP contribution in [0.1, 0.15) is 5.56 Å². The van der Waals surface area contributed by atoms with E-state index >= 15 is 0 Å². The first kappa shape index (κ1) is 21.8. The Labute approximate surface area is 184 Å². The molecule has 156 valence electrons. The van der Waals surface area contributed by atoms with Gasteiger partial charge >= 0.3 is 0 Å². The highest BCUT2D eigenvalue weighted by atomic mass is 79.9. The number of anilines is 1. The summed E-state index contributed by atoms with van der Waals surface area (Å²) < 4.78 is 25.0. The van der Waals surface area contributed by atoms with E-state index < -0.39 is 29.4 Å². The summed E-state index contributed by atoms with van der Waals surface area (Å²) in [7, 11) is 2.94. The lowest BCUT2D eigenvalue weighted by Crippen LogP contribution is -2.36. The molecule has 1 aliphatic heterocycles. The lowest BCUT2D eigenvalue weighted by molar-refractivity contribution is -0.127. The van der Waals surface area contributed by atoms with Crippen molar-refractivity contribution in [3.8, 4) is 11.5 Å². The van der Waals surface area contributed by atoms with Crippen molar-refractivity contribution >= 4 is 56.5 Å². The molecule has 1 aliphatic rings. The summed E-state index contributed by atoms with van der Waals surface area (Å²) >= 11 is 4.06. The van der Waals surface area contributed by atoms with Gasteiger partial charge in [-0.1, -0.05) is 28.1 Å². The first-order valence-corrected chi connectivity index (χ1v) is 10.2. The van der Waals surface area contributed by atoms with Crippen molar-refractivity contribution in [2.24, 2.45) is 0 Å². The van der Waals surface area contributed by atoms with Crippen LogP contribution in [0.2, 0.25) is 0 Å². The second-order valence-corrected chi connectivity index (χ2v) is 7.94. The molecule has 1 fully saturated rings. The number of rotatable bonds is 6. The molecule has 0 atom stereocenters. The van der Waals surface area contributed by atoms with E-state index in [1.54, 1.807) is 18.2 Å². The predicted molar refractivity (Wildman–Crippen MR) is 115 cm³/mol. The molecule has 0 unspecified atom stereocenters. The van der Waals surface area contributed by atoms with E-state index in [9.17, 15) is 18.8 Å². The number of thioether (sulfide) groups is 1. The number of carbonyl (C=O) groups excluding carboxylic acids is 3. The lowest BCUT2D eigenvalue weighted by Gasteiger charge is -2.13. The van der Waals surface area contributed by atoms with E-state index in [4.69, 9.17) is 9.47 Å². The molecular formula is C20H16BrFN2O5S. The summed E-state index contributed by atoms with van der Waals surface area (Å²) in [5.74, 6) is -1.10. The van der Waals surface area contributed by atoms with Crippen LogP contribution >= 0.6 is 27.7 Å². The molecule has 1 N–H and O–H groups in total. The van der Waals surface area contributed by atoms with Crippen LogP contribution in [0.25, 0.3) is 6.08 Å². The van der Waals surface area contributed by atoms with Gasteiger partial charge in [0.15, 0.2) is 11.5 Å². The molecule has 1 saturated heterocycles. The standard InChI is InChI=1S/C20H16BrFN2O5S/c1-28-15-9-12(21)7-11(18(15)29-2)8-16-19(26)24(20(27)30-16)10-17(25)23-14-6-4-3-5-13(14)22/h3-9H,10H2,1-2H3,(H,23,25)/b16-8-. The van der Waals surface area contributed by atoms with Crippen LogP contribution in [0.15, 0.2) is 45.8 Å². The Morgan fingerprint density at radius 3 is 2.63 bits per heavy atom. The summed E-state index contributed by atoms with van der Waals surface area (Å²) in [6, 6.07) is 9.03. The Bertz CT molecular complexity index is 1060. The highest BCUT2D eigenvalue weighted by molar-refractivity contribution is 9.10. The number of imide groups is 1. The quantitative estimate of drug-likeness (QED) is 0.603. The van der Waals surface area contributed by atoms with Gasteiger partial charge in [0.1, 0.15) is 12.4 Å². The maximum atomic E-state index is 13.7. The van der Waals surface area contributed by atoms with Crippen LogP contribution in [-0.2, 0) is 9.59 Å². The van der Waals surface area contributed by atoms with E-state index in [0.29, 0.717) is 33.3 Å². The minimum absolute atomic E-state index is 0.0315. The van der Waals surface area contributed by atoms with E-state index in [1.807, 2.05) is 0 Å². The fourth-order valence-corrected chi connectivity index (χ4v) is 4.02. The first-order valence-electron chi connectivity index (χ1n) is 8.55. The highest BCUT2D eigenvalue weighted by Gasteiger charge is 2.36. The first-order chi connectivity index (χ1) is 14.3. The molecule has 10 heteroatoms. The van der Waals surface area contributed by atoms with E-state index in [0.717, 1.165) is 4.90 Å². The van der Waals surface area contributed by atoms with Crippen LogP contribution in [0.3, 0.4) is 0 Å². The van der Waals surface area contributed by atoms with Crippen molar-refractivity contribution in [3.63, 3.8) is 0 Å². The SMILES string of the molecule is COc1cc(Br)cc(/C=C2\SC(=O)N(CC(=O)Nc3ccccc3F)C2=O)c1OC. The topological polar surface area (TPSA) is 84.9 Å². The van der Waals surface area contributed by atoms with Gasteiger partial charge in [0.25, 0.3) is 11.1 Å². The molecule has 2 aromatic carbocycles. The van der Waals surface area contributed by atoms with E-state index in [-0.39, 0.29) is 10.6 Å². The molecule has 0 bridgehead atoms. The van der Waals surface area contributed by atoms with Gasteiger partial charge in [-0.05, 0) is 42.1 Å². The number of methoxy groups -OCH3 is 2. The molecule has 3 rings (SSSR count). The number of nitrogens with one attached hydrogen (secondary N) is 1. The number of hydrogen-bond donors (Lipinski definition) is 1. The summed E-state index contributed by atoms with van der Waals surface area (Å²) in [6.07, 6.45) is 1.49. The summed E-state index contributed by atoms with van der Waals surface area (Å²) in [5, 5.41) is 1.75. The molecule has 0 spiro atoms. The number of nitrogens with zero attached hydrogens (tertiary/aromatic N) is 1. The van der Waals surface area contributed by atoms with Crippen molar-refractivity contribution in [1.29, 1.82) is 0 Å². The summed E-state index contributed by atoms with van der Waals surface area (Å²) in [4.78, 5) is 38.1. The Hall–Kier alpha value is -2.85. The third kappa shape index (κ3) is 4.65. The lowest BCUT2D eigenvalue weighted by atomic mass is 10.1.